The molecule has 0 saturated heterocycles. The van der Waals surface area contributed by atoms with Crippen LogP contribution in [0.1, 0.15) is 32.5 Å². The molecule has 0 unspecified atom stereocenters. The molecular formula is C12H16N2. The van der Waals surface area contributed by atoms with Gasteiger partial charge in [-0.1, -0.05) is 26.0 Å². The van der Waals surface area contributed by atoms with Crippen molar-refractivity contribution in [2.24, 2.45) is 0 Å². The maximum atomic E-state index is 4.65. The fourth-order valence-electron chi connectivity index (χ4n) is 1.87. The van der Waals surface area contributed by atoms with E-state index in [0.29, 0.717) is 5.92 Å². The molecule has 0 atom stereocenters. The van der Waals surface area contributed by atoms with Gasteiger partial charge >= 0.3 is 0 Å². The highest BCUT2D eigenvalue weighted by Crippen LogP contribution is 2.21. The third-order valence-electron chi connectivity index (χ3n) is 2.52. The number of hydrogen-bond donors (Lipinski definition) is 0. The van der Waals surface area contributed by atoms with Crippen molar-refractivity contribution in [1.82, 2.24) is 9.55 Å². The Labute approximate surface area is 84.6 Å². The van der Waals surface area contributed by atoms with Gasteiger partial charge in [-0.2, -0.15) is 0 Å². The Kier molecular flexibility index (Phi) is 2.28. The minimum Gasteiger partial charge on any atom is -0.328 e. The summed E-state index contributed by atoms with van der Waals surface area (Å²) in [7, 11) is 0. The summed E-state index contributed by atoms with van der Waals surface area (Å²) in [6.45, 7) is 7.54. The van der Waals surface area contributed by atoms with Crippen LogP contribution in [-0.4, -0.2) is 9.55 Å². The number of fused-ring (bicyclic) bond motifs is 1. The summed E-state index contributed by atoms with van der Waals surface area (Å²) in [5.74, 6) is 1.68. The van der Waals surface area contributed by atoms with Crippen LogP contribution in [0.4, 0.5) is 0 Å². The van der Waals surface area contributed by atoms with E-state index in [0.717, 1.165) is 12.1 Å². The van der Waals surface area contributed by atoms with Crippen molar-refractivity contribution in [1.29, 1.82) is 0 Å². The smallest absolute Gasteiger partial charge is 0.112 e. The second-order valence-electron chi connectivity index (χ2n) is 3.86. The highest BCUT2D eigenvalue weighted by molar-refractivity contribution is 5.75. The minimum atomic E-state index is 0.488. The van der Waals surface area contributed by atoms with Crippen LogP contribution in [0.2, 0.25) is 0 Å². The van der Waals surface area contributed by atoms with E-state index in [1.165, 1.54) is 11.3 Å². The highest BCUT2D eigenvalue weighted by atomic mass is 15.1. The van der Waals surface area contributed by atoms with E-state index < -0.39 is 0 Å². The molecule has 0 fully saturated rings. The fourth-order valence-corrected chi connectivity index (χ4v) is 1.87. The van der Waals surface area contributed by atoms with Gasteiger partial charge in [0.15, 0.2) is 0 Å². The fraction of sp³-hybridized carbons (Fsp3) is 0.417. The number of aromatic nitrogens is 2. The molecule has 0 saturated carbocycles. The predicted molar refractivity (Wildman–Crippen MR) is 59.5 cm³/mol. The van der Waals surface area contributed by atoms with Gasteiger partial charge in [-0.25, -0.2) is 4.98 Å². The molecule has 0 radical (unpaired) electrons. The molecule has 0 aliphatic heterocycles. The lowest BCUT2D eigenvalue weighted by molar-refractivity contribution is 0.667. The third-order valence-corrected chi connectivity index (χ3v) is 2.52. The number of para-hydroxylation sites is 2. The van der Waals surface area contributed by atoms with Crippen LogP contribution in [0.5, 0.6) is 0 Å². The summed E-state index contributed by atoms with van der Waals surface area (Å²) in [4.78, 5) is 4.65. The Morgan fingerprint density at radius 3 is 2.64 bits per heavy atom. The molecule has 0 amide bonds. The zero-order chi connectivity index (χ0) is 10.1. The van der Waals surface area contributed by atoms with E-state index in [4.69, 9.17) is 0 Å². The van der Waals surface area contributed by atoms with Crippen molar-refractivity contribution >= 4 is 11.0 Å². The summed E-state index contributed by atoms with van der Waals surface area (Å²) >= 11 is 0. The number of benzene rings is 1. The van der Waals surface area contributed by atoms with Crippen molar-refractivity contribution in [2.45, 2.75) is 33.2 Å². The molecule has 2 aromatic rings. The zero-order valence-electron chi connectivity index (χ0n) is 8.99. The lowest BCUT2D eigenvalue weighted by Gasteiger charge is -2.07. The maximum Gasteiger partial charge on any atom is 0.112 e. The minimum absolute atomic E-state index is 0.488. The largest absolute Gasteiger partial charge is 0.328 e. The number of rotatable bonds is 2. The van der Waals surface area contributed by atoms with E-state index in [-0.39, 0.29) is 0 Å². The van der Waals surface area contributed by atoms with Gasteiger partial charge in [0.25, 0.3) is 0 Å². The van der Waals surface area contributed by atoms with Crippen LogP contribution < -0.4 is 0 Å². The zero-order valence-corrected chi connectivity index (χ0v) is 8.99. The Bertz CT molecular complexity index is 441. The summed E-state index contributed by atoms with van der Waals surface area (Å²) in [5.41, 5.74) is 2.36. The van der Waals surface area contributed by atoms with Gasteiger partial charge in [0.1, 0.15) is 5.82 Å². The summed E-state index contributed by atoms with van der Waals surface area (Å²) in [6.07, 6.45) is 0. The standard InChI is InChI=1S/C12H16N2/c1-4-14-11-8-6-5-7-10(11)13-12(14)9(2)3/h5-9H,4H2,1-3H3. The molecular weight excluding hydrogens is 172 g/mol. The number of hydrogen-bond acceptors (Lipinski definition) is 1. The molecule has 2 rings (SSSR count). The molecule has 0 bridgehead atoms. The average molecular weight is 188 g/mol. The SMILES string of the molecule is CCn1c(C(C)C)nc2ccccc21. The molecule has 74 valence electrons. The predicted octanol–water partition coefficient (Wildman–Crippen LogP) is 3.18. The van der Waals surface area contributed by atoms with Crippen LogP contribution in [0.25, 0.3) is 11.0 Å². The highest BCUT2D eigenvalue weighted by Gasteiger charge is 2.11. The maximum absolute atomic E-state index is 4.65. The third kappa shape index (κ3) is 1.31. The molecule has 2 heteroatoms. The first-order chi connectivity index (χ1) is 6.74. The lowest BCUT2D eigenvalue weighted by atomic mass is 10.2. The summed E-state index contributed by atoms with van der Waals surface area (Å²) in [6, 6.07) is 8.32. The molecule has 1 aromatic carbocycles. The van der Waals surface area contributed by atoms with Gasteiger partial charge in [0, 0.05) is 12.5 Å². The van der Waals surface area contributed by atoms with E-state index in [2.05, 4.69) is 48.5 Å². The number of nitrogens with zero attached hydrogens (tertiary/aromatic N) is 2. The lowest BCUT2D eigenvalue weighted by Crippen LogP contribution is -2.02. The summed E-state index contributed by atoms with van der Waals surface area (Å²) < 4.78 is 2.29. The second kappa shape index (κ2) is 3.45. The Balaban J connectivity index is 2.72. The van der Waals surface area contributed by atoms with E-state index in [9.17, 15) is 0 Å². The normalized spacial score (nSPS) is 11.4. The van der Waals surface area contributed by atoms with E-state index >= 15 is 0 Å². The van der Waals surface area contributed by atoms with Crippen LogP contribution in [0.3, 0.4) is 0 Å². The van der Waals surface area contributed by atoms with Crippen molar-refractivity contribution in [3.8, 4) is 0 Å². The van der Waals surface area contributed by atoms with Crippen molar-refractivity contribution in [3.05, 3.63) is 30.1 Å². The van der Waals surface area contributed by atoms with Gasteiger partial charge in [-0.05, 0) is 19.1 Å². The van der Waals surface area contributed by atoms with Gasteiger partial charge in [-0.15, -0.1) is 0 Å². The van der Waals surface area contributed by atoms with Crippen LogP contribution >= 0.6 is 0 Å². The molecule has 1 aromatic heterocycles. The topological polar surface area (TPSA) is 17.8 Å². The van der Waals surface area contributed by atoms with Gasteiger partial charge in [0.2, 0.25) is 0 Å². The van der Waals surface area contributed by atoms with Crippen molar-refractivity contribution in [3.63, 3.8) is 0 Å². The monoisotopic (exact) mass is 188 g/mol. The molecule has 2 nitrogen and oxygen atoms in total. The molecule has 0 spiro atoms. The average Bonchev–Trinajstić information content (AvgIpc) is 2.56. The van der Waals surface area contributed by atoms with Gasteiger partial charge in [-0.3, -0.25) is 0 Å². The van der Waals surface area contributed by atoms with Crippen LogP contribution in [-0.2, 0) is 6.54 Å². The van der Waals surface area contributed by atoms with Gasteiger partial charge in [0.05, 0.1) is 11.0 Å². The molecule has 14 heavy (non-hydrogen) atoms. The summed E-state index contributed by atoms with van der Waals surface area (Å²) in [5, 5.41) is 0. The number of aryl methyl sites for hydroxylation is 1. The van der Waals surface area contributed by atoms with E-state index in [1.54, 1.807) is 0 Å². The van der Waals surface area contributed by atoms with Crippen LogP contribution in [0, 0.1) is 0 Å². The Morgan fingerprint density at radius 2 is 2.00 bits per heavy atom. The first-order valence-electron chi connectivity index (χ1n) is 5.19. The molecule has 1 heterocycles. The Hall–Kier alpha value is -1.31. The Morgan fingerprint density at radius 1 is 1.29 bits per heavy atom. The van der Waals surface area contributed by atoms with Gasteiger partial charge < -0.3 is 4.57 Å². The molecule has 0 aliphatic carbocycles. The van der Waals surface area contributed by atoms with Crippen molar-refractivity contribution < 1.29 is 0 Å². The van der Waals surface area contributed by atoms with Crippen molar-refractivity contribution in [2.75, 3.05) is 0 Å². The second-order valence-corrected chi connectivity index (χ2v) is 3.86. The first kappa shape index (κ1) is 9.25. The first-order valence-corrected chi connectivity index (χ1v) is 5.19. The molecule has 0 aliphatic rings. The van der Waals surface area contributed by atoms with Crippen LogP contribution in [0.15, 0.2) is 24.3 Å². The van der Waals surface area contributed by atoms with E-state index in [1.807, 2.05) is 6.07 Å². The number of imidazole rings is 1. The quantitative estimate of drug-likeness (QED) is 0.707. The molecule has 0 N–H and O–H groups in total.